The van der Waals surface area contributed by atoms with Crippen molar-refractivity contribution in [3.05, 3.63) is 10.6 Å². The fraction of sp³-hybridized carbons (Fsp3) is 0.615. The summed E-state index contributed by atoms with van der Waals surface area (Å²) in [4.78, 5) is 28.4. The first kappa shape index (κ1) is 14.8. The van der Waals surface area contributed by atoms with Crippen molar-refractivity contribution < 1.29 is 14.7 Å². The standard InChI is InChI=1S/C13H19N3O3S/c1-2-5-9(11(17)18)14-12(19)16-13-15-8-6-3-4-7-10(8)20-13/h9H,2-7H2,1H3,(H,17,18)(H2,14,15,16,19). The number of aromatic nitrogens is 1. The van der Waals surface area contributed by atoms with Crippen molar-refractivity contribution in [2.24, 2.45) is 0 Å². The number of nitrogens with one attached hydrogen (secondary N) is 2. The topological polar surface area (TPSA) is 91.3 Å². The van der Waals surface area contributed by atoms with Crippen molar-refractivity contribution in [2.75, 3.05) is 5.32 Å². The molecular formula is C13H19N3O3S. The van der Waals surface area contributed by atoms with Crippen LogP contribution < -0.4 is 10.6 Å². The number of rotatable bonds is 5. The predicted octanol–water partition coefficient (Wildman–Crippen LogP) is 2.40. The molecule has 1 aromatic heterocycles. The normalized spacial score (nSPS) is 15.2. The summed E-state index contributed by atoms with van der Waals surface area (Å²) in [7, 11) is 0. The molecule has 1 atom stereocenters. The van der Waals surface area contributed by atoms with Crippen LogP contribution in [-0.2, 0) is 17.6 Å². The van der Waals surface area contributed by atoms with E-state index in [1.54, 1.807) is 0 Å². The van der Waals surface area contributed by atoms with Crippen molar-refractivity contribution in [3.63, 3.8) is 0 Å². The molecule has 1 aliphatic rings. The molecule has 1 aromatic rings. The second kappa shape index (κ2) is 6.69. The lowest BCUT2D eigenvalue weighted by Gasteiger charge is -2.13. The number of carboxylic acids is 1. The molecule has 20 heavy (non-hydrogen) atoms. The molecule has 7 heteroatoms. The third-order valence-electron chi connectivity index (χ3n) is 3.25. The number of aliphatic carboxylic acids is 1. The number of carbonyl (C=O) groups excluding carboxylic acids is 1. The zero-order valence-electron chi connectivity index (χ0n) is 11.4. The van der Waals surface area contributed by atoms with Gasteiger partial charge in [-0.05, 0) is 32.1 Å². The van der Waals surface area contributed by atoms with Gasteiger partial charge in [0.2, 0.25) is 0 Å². The van der Waals surface area contributed by atoms with Crippen LogP contribution in [0.3, 0.4) is 0 Å². The smallest absolute Gasteiger partial charge is 0.326 e. The molecule has 3 N–H and O–H groups in total. The molecule has 0 bridgehead atoms. The number of hydrogen-bond donors (Lipinski definition) is 3. The number of carbonyl (C=O) groups is 2. The minimum atomic E-state index is -1.01. The summed E-state index contributed by atoms with van der Waals surface area (Å²) >= 11 is 1.48. The number of anilines is 1. The number of hydrogen-bond acceptors (Lipinski definition) is 4. The maximum Gasteiger partial charge on any atom is 0.326 e. The Morgan fingerprint density at radius 3 is 2.80 bits per heavy atom. The van der Waals surface area contributed by atoms with Crippen molar-refractivity contribution >= 4 is 28.5 Å². The number of urea groups is 1. The van der Waals surface area contributed by atoms with E-state index in [1.807, 2.05) is 6.92 Å². The lowest BCUT2D eigenvalue weighted by Crippen LogP contribution is -2.42. The zero-order chi connectivity index (χ0) is 14.5. The second-order valence-electron chi connectivity index (χ2n) is 4.87. The second-order valence-corrected chi connectivity index (χ2v) is 5.96. The summed E-state index contributed by atoms with van der Waals surface area (Å²) in [6.45, 7) is 1.88. The summed E-state index contributed by atoms with van der Waals surface area (Å²) in [6.07, 6.45) is 5.39. The first-order valence-corrected chi connectivity index (χ1v) is 7.70. The van der Waals surface area contributed by atoms with Gasteiger partial charge in [0, 0.05) is 4.88 Å². The number of thiazole rings is 1. The third kappa shape index (κ3) is 3.69. The molecule has 0 saturated carbocycles. The first-order chi connectivity index (χ1) is 9.60. The Bertz CT molecular complexity index is 478. The summed E-state index contributed by atoms with van der Waals surface area (Å²) in [5, 5.41) is 14.6. The largest absolute Gasteiger partial charge is 0.480 e. The van der Waals surface area contributed by atoms with E-state index >= 15 is 0 Å². The van der Waals surface area contributed by atoms with Gasteiger partial charge < -0.3 is 10.4 Å². The highest BCUT2D eigenvalue weighted by molar-refractivity contribution is 7.15. The van der Waals surface area contributed by atoms with Crippen LogP contribution in [0.1, 0.15) is 43.2 Å². The lowest BCUT2D eigenvalue weighted by molar-refractivity contribution is -0.139. The van der Waals surface area contributed by atoms with Gasteiger partial charge in [-0.15, -0.1) is 11.3 Å². The van der Waals surface area contributed by atoms with Crippen molar-refractivity contribution in [2.45, 2.75) is 51.5 Å². The quantitative estimate of drug-likeness (QED) is 0.778. The Morgan fingerprint density at radius 2 is 2.15 bits per heavy atom. The summed E-state index contributed by atoms with van der Waals surface area (Å²) in [5.74, 6) is -1.01. The number of amides is 2. The highest BCUT2D eigenvalue weighted by atomic mass is 32.1. The van der Waals surface area contributed by atoms with Crippen LogP contribution in [0.15, 0.2) is 0 Å². The Labute approximate surface area is 121 Å². The minimum absolute atomic E-state index is 0.414. The van der Waals surface area contributed by atoms with Gasteiger partial charge in [-0.25, -0.2) is 14.6 Å². The van der Waals surface area contributed by atoms with Crippen molar-refractivity contribution in [1.82, 2.24) is 10.3 Å². The molecule has 0 fully saturated rings. The maximum atomic E-state index is 11.8. The van der Waals surface area contributed by atoms with Gasteiger partial charge in [0.1, 0.15) is 6.04 Å². The minimum Gasteiger partial charge on any atom is -0.480 e. The van der Waals surface area contributed by atoms with Crippen LogP contribution in [0.25, 0.3) is 0 Å². The molecule has 1 aliphatic carbocycles. The molecule has 0 spiro atoms. The highest BCUT2D eigenvalue weighted by Gasteiger charge is 2.20. The Hall–Kier alpha value is -1.63. The van der Waals surface area contributed by atoms with E-state index in [-0.39, 0.29) is 0 Å². The first-order valence-electron chi connectivity index (χ1n) is 6.89. The average Bonchev–Trinajstić information content (AvgIpc) is 2.79. The Kier molecular flexibility index (Phi) is 4.94. The number of fused-ring (bicyclic) bond motifs is 1. The molecule has 0 radical (unpaired) electrons. The third-order valence-corrected chi connectivity index (χ3v) is 4.32. The highest BCUT2D eigenvalue weighted by Crippen LogP contribution is 2.29. The van der Waals surface area contributed by atoms with Crippen LogP contribution >= 0.6 is 11.3 Å². The zero-order valence-corrected chi connectivity index (χ0v) is 12.3. The van der Waals surface area contributed by atoms with Gasteiger partial charge in [-0.1, -0.05) is 13.3 Å². The predicted molar refractivity (Wildman–Crippen MR) is 77.2 cm³/mol. The lowest BCUT2D eigenvalue weighted by atomic mass is 10.0. The van der Waals surface area contributed by atoms with Crippen molar-refractivity contribution in [1.29, 1.82) is 0 Å². The van der Waals surface area contributed by atoms with Crippen molar-refractivity contribution in [3.8, 4) is 0 Å². The van der Waals surface area contributed by atoms with Crippen LogP contribution in [0.2, 0.25) is 0 Å². The molecule has 6 nitrogen and oxygen atoms in total. The summed E-state index contributed by atoms with van der Waals surface area (Å²) < 4.78 is 0. The van der Waals surface area contributed by atoms with E-state index in [2.05, 4.69) is 15.6 Å². The van der Waals surface area contributed by atoms with E-state index in [1.165, 1.54) is 22.6 Å². The van der Waals surface area contributed by atoms with Crippen LogP contribution in [-0.4, -0.2) is 28.1 Å². The van der Waals surface area contributed by atoms with Crippen LogP contribution in [0, 0.1) is 0 Å². The van der Waals surface area contributed by atoms with Gasteiger partial charge in [0.25, 0.3) is 0 Å². The van der Waals surface area contributed by atoms with E-state index < -0.39 is 18.0 Å². The molecule has 0 aromatic carbocycles. The Balaban J connectivity index is 1.93. The number of aryl methyl sites for hydroxylation is 2. The Morgan fingerprint density at radius 1 is 1.40 bits per heavy atom. The van der Waals surface area contributed by atoms with Gasteiger partial charge in [0.05, 0.1) is 5.69 Å². The van der Waals surface area contributed by atoms with Gasteiger partial charge in [-0.2, -0.15) is 0 Å². The molecule has 2 amide bonds. The molecule has 1 heterocycles. The molecule has 1 unspecified atom stereocenters. The van der Waals surface area contributed by atoms with Gasteiger partial charge >= 0.3 is 12.0 Å². The fourth-order valence-electron chi connectivity index (χ4n) is 2.24. The van der Waals surface area contributed by atoms with E-state index in [0.29, 0.717) is 18.0 Å². The molecule has 2 rings (SSSR count). The van der Waals surface area contributed by atoms with E-state index in [4.69, 9.17) is 5.11 Å². The molecule has 0 aliphatic heterocycles. The van der Waals surface area contributed by atoms with Crippen LogP contribution in [0.4, 0.5) is 9.93 Å². The maximum absolute atomic E-state index is 11.8. The average molecular weight is 297 g/mol. The SMILES string of the molecule is CCCC(NC(=O)Nc1nc2c(s1)CCCC2)C(=O)O. The summed E-state index contributed by atoms with van der Waals surface area (Å²) in [6, 6.07) is -1.36. The fourth-order valence-corrected chi connectivity index (χ4v) is 3.29. The van der Waals surface area contributed by atoms with Gasteiger partial charge in [0.15, 0.2) is 5.13 Å². The van der Waals surface area contributed by atoms with E-state index in [9.17, 15) is 9.59 Å². The molecular weight excluding hydrogens is 278 g/mol. The number of carboxylic acid groups (broad SMARTS) is 1. The number of nitrogens with zero attached hydrogens (tertiary/aromatic N) is 1. The molecule has 0 saturated heterocycles. The molecule has 110 valence electrons. The van der Waals surface area contributed by atoms with E-state index in [0.717, 1.165) is 25.0 Å². The summed E-state index contributed by atoms with van der Waals surface area (Å²) in [5.41, 5.74) is 1.07. The van der Waals surface area contributed by atoms with Gasteiger partial charge in [-0.3, -0.25) is 5.32 Å². The van der Waals surface area contributed by atoms with Crippen LogP contribution in [0.5, 0.6) is 0 Å². The monoisotopic (exact) mass is 297 g/mol.